The van der Waals surface area contributed by atoms with E-state index in [0.717, 1.165) is 0 Å². The van der Waals surface area contributed by atoms with Crippen LogP contribution in [0, 0.1) is 12.7 Å². The van der Waals surface area contributed by atoms with Crippen LogP contribution in [0.1, 0.15) is 5.56 Å². The number of benzene rings is 1. The number of halogens is 1. The summed E-state index contributed by atoms with van der Waals surface area (Å²) in [5, 5.41) is 6.91. The summed E-state index contributed by atoms with van der Waals surface area (Å²) < 4.78 is 42.0. The number of sulfonamides is 1. The zero-order valence-corrected chi connectivity index (χ0v) is 12.6. The maximum atomic E-state index is 13.7. The minimum absolute atomic E-state index is 0.00116. The van der Waals surface area contributed by atoms with Crippen LogP contribution in [0.2, 0.25) is 0 Å². The Morgan fingerprint density at radius 1 is 1.38 bits per heavy atom. The average molecular weight is 312 g/mol. The van der Waals surface area contributed by atoms with Gasteiger partial charge in [0.05, 0.1) is 18.4 Å². The Morgan fingerprint density at radius 3 is 2.81 bits per heavy atom. The van der Waals surface area contributed by atoms with Gasteiger partial charge in [-0.2, -0.15) is 5.10 Å². The van der Waals surface area contributed by atoms with E-state index in [4.69, 9.17) is 0 Å². The summed E-state index contributed by atoms with van der Waals surface area (Å²) in [5.74, 6) is -0.610. The molecule has 0 saturated carbocycles. The van der Waals surface area contributed by atoms with E-state index < -0.39 is 15.8 Å². The Morgan fingerprint density at radius 2 is 2.14 bits per heavy atom. The Balaban J connectivity index is 2.24. The minimum atomic E-state index is -3.86. The molecule has 0 aliphatic heterocycles. The number of anilines is 1. The lowest BCUT2D eigenvalue weighted by molar-refractivity contribution is 0.582. The number of hydrogen-bond donors (Lipinski definition) is 2. The fourth-order valence-electron chi connectivity index (χ4n) is 1.79. The number of nitrogens with zero attached hydrogens (tertiary/aromatic N) is 2. The van der Waals surface area contributed by atoms with Gasteiger partial charge in [-0.1, -0.05) is 12.1 Å². The third-order valence-corrected chi connectivity index (χ3v) is 4.27. The number of aryl methyl sites for hydroxylation is 1. The van der Waals surface area contributed by atoms with Crippen molar-refractivity contribution in [2.75, 3.05) is 18.3 Å². The number of likely N-dealkylation sites (N-methyl/N-ethyl adjacent to an activating group) is 1. The quantitative estimate of drug-likeness (QED) is 0.844. The summed E-state index contributed by atoms with van der Waals surface area (Å²) in [6.07, 6.45) is 2.66. The van der Waals surface area contributed by atoms with E-state index >= 15 is 0 Å². The minimum Gasteiger partial charge on any atom is -0.318 e. The summed E-state index contributed by atoms with van der Waals surface area (Å²) in [6.45, 7) is 2.85. The predicted octanol–water partition coefficient (Wildman–Crippen LogP) is 1.35. The second-order valence-corrected chi connectivity index (χ2v) is 6.26. The van der Waals surface area contributed by atoms with E-state index in [2.05, 4.69) is 15.1 Å². The van der Waals surface area contributed by atoms with Crippen LogP contribution in [0.25, 0.3) is 0 Å². The number of nitrogens with one attached hydrogen (secondary N) is 2. The Labute approximate surface area is 123 Å². The Hall–Kier alpha value is -1.93. The third-order valence-electron chi connectivity index (χ3n) is 2.97. The van der Waals surface area contributed by atoms with Crippen LogP contribution in [0.4, 0.5) is 10.1 Å². The standard InChI is InChI=1S/C13H17FN4O2S/c1-10-4-3-5-12(14)13(10)17-21(19,20)11-8-16-18(9-11)7-6-15-2/h3-5,8-9,15,17H,6-7H2,1-2H3. The molecule has 0 unspecified atom stereocenters. The molecule has 0 spiro atoms. The first-order valence-electron chi connectivity index (χ1n) is 6.39. The SMILES string of the molecule is CNCCn1cc(S(=O)(=O)Nc2c(C)cccc2F)cn1. The first-order valence-corrected chi connectivity index (χ1v) is 7.87. The van der Waals surface area contributed by atoms with Gasteiger partial charge in [-0.25, -0.2) is 12.8 Å². The highest BCUT2D eigenvalue weighted by Gasteiger charge is 2.19. The normalized spacial score (nSPS) is 11.6. The van der Waals surface area contributed by atoms with Crippen molar-refractivity contribution in [1.82, 2.24) is 15.1 Å². The lowest BCUT2D eigenvalue weighted by atomic mass is 10.2. The van der Waals surface area contributed by atoms with E-state index in [9.17, 15) is 12.8 Å². The number of aromatic nitrogens is 2. The molecular formula is C13H17FN4O2S. The molecule has 0 atom stereocenters. The highest BCUT2D eigenvalue weighted by atomic mass is 32.2. The number of hydrogen-bond acceptors (Lipinski definition) is 4. The van der Waals surface area contributed by atoms with Crippen molar-refractivity contribution < 1.29 is 12.8 Å². The fraction of sp³-hybridized carbons (Fsp3) is 0.308. The van der Waals surface area contributed by atoms with Crippen LogP contribution >= 0.6 is 0 Å². The van der Waals surface area contributed by atoms with Crippen molar-refractivity contribution in [1.29, 1.82) is 0 Å². The van der Waals surface area contributed by atoms with Crippen LogP contribution in [0.3, 0.4) is 0 Å². The van der Waals surface area contributed by atoms with Gasteiger partial charge >= 0.3 is 0 Å². The van der Waals surface area contributed by atoms with E-state index in [-0.39, 0.29) is 10.6 Å². The molecule has 2 aromatic rings. The molecule has 2 N–H and O–H groups in total. The van der Waals surface area contributed by atoms with Crippen molar-refractivity contribution in [2.24, 2.45) is 0 Å². The zero-order chi connectivity index (χ0) is 15.5. The van der Waals surface area contributed by atoms with Gasteiger partial charge in [-0.05, 0) is 25.6 Å². The summed E-state index contributed by atoms with van der Waals surface area (Å²) >= 11 is 0. The average Bonchev–Trinajstić information content (AvgIpc) is 2.90. The highest BCUT2D eigenvalue weighted by Crippen LogP contribution is 2.22. The Bertz CT molecular complexity index is 707. The van der Waals surface area contributed by atoms with Crippen LogP contribution in [-0.2, 0) is 16.6 Å². The first-order chi connectivity index (χ1) is 9.94. The lowest BCUT2D eigenvalue weighted by Gasteiger charge is -2.09. The van der Waals surface area contributed by atoms with Crippen molar-refractivity contribution >= 4 is 15.7 Å². The molecule has 0 radical (unpaired) electrons. The lowest BCUT2D eigenvalue weighted by Crippen LogP contribution is -2.16. The molecule has 1 aromatic heterocycles. The molecule has 6 nitrogen and oxygen atoms in total. The van der Waals surface area contributed by atoms with Crippen molar-refractivity contribution in [2.45, 2.75) is 18.4 Å². The van der Waals surface area contributed by atoms with E-state index in [0.29, 0.717) is 18.7 Å². The van der Waals surface area contributed by atoms with Crippen molar-refractivity contribution in [3.63, 3.8) is 0 Å². The Kier molecular flexibility index (Phi) is 4.59. The van der Waals surface area contributed by atoms with Gasteiger partial charge < -0.3 is 5.32 Å². The molecule has 1 heterocycles. The van der Waals surface area contributed by atoms with Gasteiger partial charge in [0, 0.05) is 12.7 Å². The summed E-state index contributed by atoms with van der Waals surface area (Å²) in [6, 6.07) is 4.37. The monoisotopic (exact) mass is 312 g/mol. The predicted molar refractivity (Wildman–Crippen MR) is 78.1 cm³/mol. The molecule has 0 fully saturated rings. The maximum Gasteiger partial charge on any atom is 0.265 e. The zero-order valence-electron chi connectivity index (χ0n) is 11.8. The number of rotatable bonds is 6. The van der Waals surface area contributed by atoms with Crippen molar-refractivity contribution in [3.8, 4) is 0 Å². The summed E-state index contributed by atoms with van der Waals surface area (Å²) in [7, 11) is -2.06. The molecule has 21 heavy (non-hydrogen) atoms. The maximum absolute atomic E-state index is 13.7. The van der Waals surface area contributed by atoms with Crippen LogP contribution in [0.5, 0.6) is 0 Å². The van der Waals surface area contributed by atoms with Gasteiger partial charge in [0.25, 0.3) is 10.0 Å². The van der Waals surface area contributed by atoms with Gasteiger partial charge in [-0.3, -0.25) is 9.40 Å². The van der Waals surface area contributed by atoms with Gasteiger partial charge in [0.2, 0.25) is 0 Å². The number of para-hydroxylation sites is 1. The molecule has 0 amide bonds. The van der Waals surface area contributed by atoms with E-state index in [1.165, 1.54) is 29.2 Å². The fourth-order valence-corrected chi connectivity index (χ4v) is 2.88. The van der Waals surface area contributed by atoms with Crippen LogP contribution in [0.15, 0.2) is 35.5 Å². The third kappa shape index (κ3) is 3.59. The largest absolute Gasteiger partial charge is 0.318 e. The van der Waals surface area contributed by atoms with Gasteiger partial charge in [-0.15, -0.1) is 0 Å². The van der Waals surface area contributed by atoms with E-state index in [1.807, 2.05) is 0 Å². The van der Waals surface area contributed by atoms with Crippen LogP contribution < -0.4 is 10.0 Å². The molecule has 8 heteroatoms. The molecule has 0 aliphatic carbocycles. The molecule has 1 aromatic carbocycles. The molecule has 2 rings (SSSR count). The molecule has 114 valence electrons. The van der Waals surface area contributed by atoms with Gasteiger partial charge in [0.15, 0.2) is 0 Å². The van der Waals surface area contributed by atoms with Crippen LogP contribution in [-0.4, -0.2) is 31.8 Å². The molecule has 0 aliphatic rings. The summed E-state index contributed by atoms with van der Waals surface area (Å²) in [4.78, 5) is 0.00116. The first kappa shape index (κ1) is 15.5. The smallest absolute Gasteiger partial charge is 0.265 e. The molecule has 0 bridgehead atoms. The molecular weight excluding hydrogens is 295 g/mol. The van der Waals surface area contributed by atoms with Crippen molar-refractivity contribution in [3.05, 3.63) is 42.0 Å². The summed E-state index contributed by atoms with van der Waals surface area (Å²) in [5.41, 5.74) is 0.474. The molecule has 0 saturated heterocycles. The second kappa shape index (κ2) is 6.23. The van der Waals surface area contributed by atoms with E-state index in [1.54, 1.807) is 20.0 Å². The second-order valence-electron chi connectivity index (χ2n) is 4.58. The highest BCUT2D eigenvalue weighted by molar-refractivity contribution is 7.92. The topological polar surface area (TPSA) is 76.0 Å². The van der Waals surface area contributed by atoms with Gasteiger partial charge in [0.1, 0.15) is 10.7 Å².